The Morgan fingerprint density at radius 1 is 1.27 bits per heavy atom. The van der Waals surface area contributed by atoms with Crippen molar-refractivity contribution >= 4 is 21.6 Å². The van der Waals surface area contributed by atoms with E-state index in [0.29, 0.717) is 6.04 Å². The molecule has 0 aromatic heterocycles. The average molecular weight is 229 g/mol. The van der Waals surface area contributed by atoms with Crippen LogP contribution in [0.15, 0.2) is 0 Å². The van der Waals surface area contributed by atoms with Gasteiger partial charge in [0.2, 0.25) is 5.91 Å². The Morgan fingerprint density at radius 2 is 1.80 bits per heavy atom. The normalized spacial score (nSPS) is 26.8. The van der Waals surface area contributed by atoms with Crippen molar-refractivity contribution in [3.63, 3.8) is 0 Å². The molecule has 15 heavy (non-hydrogen) atoms. The molecule has 1 fully saturated rings. The van der Waals surface area contributed by atoms with Crippen LogP contribution in [0.3, 0.4) is 0 Å². The Kier molecular flexibility index (Phi) is 4.32. The van der Waals surface area contributed by atoms with Gasteiger partial charge in [0.05, 0.1) is 5.92 Å². The summed E-state index contributed by atoms with van der Waals surface area (Å²) in [7, 11) is -0.464. The predicted octanol–water partition coefficient (Wildman–Crippen LogP) is 0.610. The van der Waals surface area contributed by atoms with Gasteiger partial charge in [-0.3, -0.25) is 9.59 Å². The van der Waals surface area contributed by atoms with Gasteiger partial charge < -0.3 is 9.67 Å². The van der Waals surface area contributed by atoms with Gasteiger partial charge >= 0.3 is 5.97 Å². The monoisotopic (exact) mass is 229 g/mol. The molecule has 0 unspecified atom stereocenters. The first-order valence-corrected chi connectivity index (χ1v) is 7.61. The van der Waals surface area contributed by atoms with Gasteiger partial charge in [0.15, 0.2) is 0 Å². The molecule has 0 spiro atoms. The van der Waals surface area contributed by atoms with Crippen LogP contribution in [-0.2, 0) is 9.59 Å². The third-order valence-electron chi connectivity index (χ3n) is 3.23. The fourth-order valence-electron chi connectivity index (χ4n) is 2.37. The molecule has 4 nitrogen and oxygen atoms in total. The molecule has 1 aliphatic carbocycles. The van der Waals surface area contributed by atoms with E-state index in [1.165, 1.54) is 0 Å². The maximum absolute atomic E-state index is 11.3. The van der Waals surface area contributed by atoms with E-state index in [0.717, 1.165) is 25.7 Å². The van der Waals surface area contributed by atoms with E-state index in [2.05, 4.69) is 6.55 Å². The fraction of sp³-hybridized carbons (Fsp3) is 0.800. The highest BCUT2D eigenvalue weighted by Crippen LogP contribution is 2.27. The standard InChI is InChI=1S/C10H19NO3Si/c1-7(12)11(15-2)9-5-3-8(4-6-9)10(13)14/h8-9H,3-6,15H2,1-2H3,(H,13,14). The molecule has 0 radical (unpaired) electrons. The lowest BCUT2D eigenvalue weighted by Gasteiger charge is -2.35. The van der Waals surface area contributed by atoms with E-state index in [1.807, 2.05) is 4.57 Å². The zero-order valence-electron chi connectivity index (χ0n) is 9.40. The van der Waals surface area contributed by atoms with Crippen molar-refractivity contribution in [1.29, 1.82) is 0 Å². The van der Waals surface area contributed by atoms with E-state index in [9.17, 15) is 9.59 Å². The smallest absolute Gasteiger partial charge is 0.306 e. The molecule has 1 aliphatic rings. The molecule has 0 aromatic carbocycles. The van der Waals surface area contributed by atoms with Crippen LogP contribution in [-0.4, -0.2) is 37.3 Å². The van der Waals surface area contributed by atoms with Crippen molar-refractivity contribution in [2.45, 2.75) is 45.2 Å². The molecule has 0 atom stereocenters. The Morgan fingerprint density at radius 3 is 2.13 bits per heavy atom. The molecule has 5 heteroatoms. The maximum Gasteiger partial charge on any atom is 0.306 e. The second-order valence-electron chi connectivity index (χ2n) is 4.15. The second kappa shape index (κ2) is 5.30. The van der Waals surface area contributed by atoms with E-state index < -0.39 is 15.7 Å². The molecule has 0 bridgehead atoms. The highest BCUT2D eigenvalue weighted by atomic mass is 28.2. The summed E-state index contributed by atoms with van der Waals surface area (Å²) in [6.07, 6.45) is 3.16. The molecular formula is C10H19NO3Si. The minimum absolute atomic E-state index is 0.156. The van der Waals surface area contributed by atoms with Crippen LogP contribution in [0.4, 0.5) is 0 Å². The Labute approximate surface area is 92.5 Å². The fourth-order valence-corrected chi connectivity index (χ4v) is 3.70. The number of amides is 1. The summed E-state index contributed by atoms with van der Waals surface area (Å²) in [5.41, 5.74) is 0. The molecule has 1 N–H and O–H groups in total. The Hall–Kier alpha value is -0.843. The number of carbonyl (C=O) groups excluding carboxylic acids is 1. The molecule has 0 aromatic rings. The molecule has 0 saturated heterocycles. The van der Waals surface area contributed by atoms with Gasteiger partial charge in [-0.1, -0.05) is 6.55 Å². The summed E-state index contributed by atoms with van der Waals surface area (Å²) >= 11 is 0. The van der Waals surface area contributed by atoms with Crippen molar-refractivity contribution < 1.29 is 14.7 Å². The number of carbonyl (C=O) groups is 2. The van der Waals surface area contributed by atoms with Gasteiger partial charge in [0.1, 0.15) is 9.68 Å². The molecule has 1 amide bonds. The molecule has 1 saturated carbocycles. The van der Waals surface area contributed by atoms with Crippen LogP contribution in [0, 0.1) is 5.92 Å². The topological polar surface area (TPSA) is 57.6 Å². The van der Waals surface area contributed by atoms with E-state index in [1.54, 1.807) is 6.92 Å². The number of rotatable bonds is 3. The van der Waals surface area contributed by atoms with Crippen LogP contribution in [0.25, 0.3) is 0 Å². The zero-order chi connectivity index (χ0) is 11.4. The highest BCUT2D eigenvalue weighted by molar-refractivity contribution is 6.34. The van der Waals surface area contributed by atoms with Gasteiger partial charge in [0.25, 0.3) is 0 Å². The van der Waals surface area contributed by atoms with Crippen molar-refractivity contribution in [3.8, 4) is 0 Å². The molecule has 0 heterocycles. The van der Waals surface area contributed by atoms with Crippen molar-refractivity contribution in [2.24, 2.45) is 5.92 Å². The third kappa shape index (κ3) is 3.05. The largest absolute Gasteiger partial charge is 0.481 e. The first kappa shape index (κ1) is 12.2. The second-order valence-corrected chi connectivity index (χ2v) is 5.46. The minimum Gasteiger partial charge on any atom is -0.481 e. The van der Waals surface area contributed by atoms with Crippen LogP contribution in [0.2, 0.25) is 6.55 Å². The van der Waals surface area contributed by atoms with Gasteiger partial charge in [-0.2, -0.15) is 0 Å². The lowest BCUT2D eigenvalue weighted by Crippen LogP contribution is -2.43. The van der Waals surface area contributed by atoms with Crippen molar-refractivity contribution in [3.05, 3.63) is 0 Å². The van der Waals surface area contributed by atoms with E-state index in [-0.39, 0.29) is 11.8 Å². The van der Waals surface area contributed by atoms with E-state index >= 15 is 0 Å². The first-order chi connectivity index (χ1) is 7.06. The zero-order valence-corrected chi connectivity index (χ0v) is 10.8. The highest BCUT2D eigenvalue weighted by Gasteiger charge is 2.29. The van der Waals surface area contributed by atoms with Gasteiger partial charge in [-0.05, 0) is 25.7 Å². The van der Waals surface area contributed by atoms with Gasteiger partial charge in [0, 0.05) is 13.0 Å². The lowest BCUT2D eigenvalue weighted by molar-refractivity contribution is -0.143. The summed E-state index contributed by atoms with van der Waals surface area (Å²) in [6.45, 7) is 3.71. The van der Waals surface area contributed by atoms with Gasteiger partial charge in [-0.25, -0.2) is 0 Å². The number of carboxylic acids is 1. The summed E-state index contributed by atoms with van der Waals surface area (Å²) < 4.78 is 1.98. The summed E-state index contributed by atoms with van der Waals surface area (Å²) in [5.74, 6) is -0.715. The van der Waals surface area contributed by atoms with Crippen LogP contribution >= 0.6 is 0 Å². The minimum atomic E-state index is -0.684. The SMILES string of the molecule is C[SiH2]N(C(C)=O)C1CCC(C(=O)O)CC1. The predicted molar refractivity (Wildman–Crippen MR) is 60.3 cm³/mol. The van der Waals surface area contributed by atoms with Crippen molar-refractivity contribution in [2.75, 3.05) is 0 Å². The lowest BCUT2D eigenvalue weighted by atomic mass is 9.86. The first-order valence-electron chi connectivity index (χ1n) is 5.56. The number of hydrogen-bond donors (Lipinski definition) is 1. The van der Waals surface area contributed by atoms with Crippen LogP contribution < -0.4 is 0 Å². The molecule has 1 rings (SSSR count). The summed E-state index contributed by atoms with van der Waals surface area (Å²) in [5, 5.41) is 8.86. The summed E-state index contributed by atoms with van der Waals surface area (Å²) in [6, 6.07) is 0.315. The Balaban J connectivity index is 2.49. The molecular weight excluding hydrogens is 210 g/mol. The maximum atomic E-state index is 11.3. The number of hydrogen-bond acceptors (Lipinski definition) is 2. The number of carboxylic acid groups (broad SMARTS) is 1. The molecule has 86 valence electrons. The average Bonchev–Trinajstić information content (AvgIpc) is 2.19. The quantitative estimate of drug-likeness (QED) is 0.721. The third-order valence-corrected chi connectivity index (χ3v) is 4.87. The number of nitrogens with zero attached hydrogens (tertiary/aromatic N) is 1. The summed E-state index contributed by atoms with van der Waals surface area (Å²) in [4.78, 5) is 22.1. The van der Waals surface area contributed by atoms with E-state index in [4.69, 9.17) is 5.11 Å². The van der Waals surface area contributed by atoms with Crippen molar-refractivity contribution in [1.82, 2.24) is 4.57 Å². The van der Waals surface area contributed by atoms with Gasteiger partial charge in [-0.15, -0.1) is 0 Å². The van der Waals surface area contributed by atoms with Crippen LogP contribution in [0.1, 0.15) is 32.6 Å². The number of aliphatic carboxylic acids is 1. The van der Waals surface area contributed by atoms with Crippen LogP contribution in [0.5, 0.6) is 0 Å². The molecule has 0 aliphatic heterocycles. The Bertz CT molecular complexity index is 249.